The van der Waals surface area contributed by atoms with Crippen molar-refractivity contribution >= 4 is 44.8 Å². The number of halogens is 2. The van der Waals surface area contributed by atoms with E-state index in [9.17, 15) is 14.3 Å². The van der Waals surface area contributed by atoms with Crippen LogP contribution in [-0.4, -0.2) is 56.3 Å². The Kier molecular flexibility index (Phi) is 7.59. The van der Waals surface area contributed by atoms with Gasteiger partial charge >= 0.3 is 5.97 Å². The van der Waals surface area contributed by atoms with Crippen molar-refractivity contribution in [2.45, 2.75) is 45.6 Å². The molecule has 5 heterocycles. The highest BCUT2D eigenvalue weighted by Crippen LogP contribution is 2.33. The Balaban J connectivity index is 1.15. The third-order valence-corrected chi connectivity index (χ3v) is 8.78. The fourth-order valence-electron chi connectivity index (χ4n) is 5.10. The van der Waals surface area contributed by atoms with E-state index < -0.39 is 11.8 Å². The lowest BCUT2D eigenvalue weighted by Crippen LogP contribution is -2.33. The molecule has 1 atom stereocenters. The molecule has 2 aliphatic heterocycles. The molecule has 208 valence electrons. The van der Waals surface area contributed by atoms with Gasteiger partial charge in [0.1, 0.15) is 28.0 Å². The second-order valence-electron chi connectivity index (χ2n) is 10.0. The number of aromatic carboxylic acids is 1. The smallest absolute Gasteiger partial charge is 0.346 e. The summed E-state index contributed by atoms with van der Waals surface area (Å²) in [7, 11) is 0. The zero-order chi connectivity index (χ0) is 27.8. The quantitative estimate of drug-likeness (QED) is 0.261. The molecule has 6 rings (SSSR count). The fourth-order valence-corrected chi connectivity index (χ4v) is 6.30. The molecule has 1 N–H and O–H groups in total. The van der Waals surface area contributed by atoms with Crippen LogP contribution in [0.15, 0.2) is 42.5 Å². The normalized spacial score (nSPS) is 17.6. The first kappa shape index (κ1) is 26.9. The number of thiophene rings is 1. The number of imidazole rings is 1. The van der Waals surface area contributed by atoms with Gasteiger partial charge < -0.3 is 19.1 Å². The number of pyridine rings is 1. The minimum absolute atomic E-state index is 0.0652. The number of benzene rings is 1. The van der Waals surface area contributed by atoms with E-state index in [-0.39, 0.29) is 12.7 Å². The van der Waals surface area contributed by atoms with E-state index in [0.717, 1.165) is 65.5 Å². The molecular formula is C29H28ClFN4O4S. The van der Waals surface area contributed by atoms with E-state index in [1.165, 1.54) is 17.4 Å². The Bertz CT molecular complexity index is 1610. The van der Waals surface area contributed by atoms with Gasteiger partial charge in [-0.15, -0.1) is 11.3 Å². The van der Waals surface area contributed by atoms with Crippen LogP contribution in [0.2, 0.25) is 5.02 Å². The van der Waals surface area contributed by atoms with Gasteiger partial charge in [0.05, 0.1) is 30.4 Å². The van der Waals surface area contributed by atoms with Crippen LogP contribution in [0.4, 0.5) is 4.39 Å². The highest BCUT2D eigenvalue weighted by Gasteiger charge is 2.27. The number of aryl methyl sites for hydroxylation is 1. The van der Waals surface area contributed by atoms with Crippen LogP contribution >= 0.6 is 22.9 Å². The zero-order valence-corrected chi connectivity index (χ0v) is 23.5. The van der Waals surface area contributed by atoms with Gasteiger partial charge in [0.25, 0.3) is 0 Å². The van der Waals surface area contributed by atoms with Gasteiger partial charge in [-0.25, -0.2) is 19.2 Å². The van der Waals surface area contributed by atoms with Crippen molar-refractivity contribution in [1.82, 2.24) is 19.4 Å². The van der Waals surface area contributed by atoms with Gasteiger partial charge in [-0.1, -0.05) is 29.8 Å². The van der Waals surface area contributed by atoms with E-state index in [2.05, 4.69) is 20.5 Å². The molecule has 8 nitrogen and oxygen atoms in total. The predicted octanol–water partition coefficient (Wildman–Crippen LogP) is 5.95. The lowest BCUT2D eigenvalue weighted by Gasteiger charge is -2.29. The Hall–Kier alpha value is -3.31. The number of rotatable bonds is 9. The molecule has 0 saturated carbocycles. The van der Waals surface area contributed by atoms with E-state index >= 15 is 0 Å². The zero-order valence-electron chi connectivity index (χ0n) is 21.9. The minimum Gasteiger partial charge on any atom is -0.477 e. The molecule has 0 aliphatic carbocycles. The molecule has 0 bridgehead atoms. The first-order chi connectivity index (χ1) is 19.4. The van der Waals surface area contributed by atoms with Crippen LogP contribution < -0.4 is 4.74 Å². The second kappa shape index (κ2) is 11.3. The van der Waals surface area contributed by atoms with E-state index in [1.807, 2.05) is 19.1 Å². The summed E-state index contributed by atoms with van der Waals surface area (Å²) in [6.07, 6.45) is 4.11. The van der Waals surface area contributed by atoms with Gasteiger partial charge in [-0.05, 0) is 43.5 Å². The van der Waals surface area contributed by atoms with E-state index in [1.54, 1.807) is 18.2 Å². The molecule has 40 heavy (non-hydrogen) atoms. The summed E-state index contributed by atoms with van der Waals surface area (Å²) in [6.45, 7) is 5.58. The van der Waals surface area contributed by atoms with Crippen LogP contribution in [0.5, 0.6) is 5.88 Å². The van der Waals surface area contributed by atoms with Crippen LogP contribution in [-0.2, 0) is 24.4 Å². The van der Waals surface area contributed by atoms with Crippen LogP contribution in [0.3, 0.4) is 0 Å². The SMILES string of the molecule is Cc1c(C(=O)O)sc2nc(CN3CC=C(c4cccc(OCc5ccc(Cl)cc5F)n4)CC3)n(CC3CCO3)c12. The molecule has 1 aromatic carbocycles. The van der Waals surface area contributed by atoms with Crippen molar-refractivity contribution in [3.63, 3.8) is 0 Å². The van der Waals surface area contributed by atoms with Gasteiger partial charge in [-0.2, -0.15) is 0 Å². The van der Waals surface area contributed by atoms with Gasteiger partial charge in [0.2, 0.25) is 5.88 Å². The number of hydrogen-bond acceptors (Lipinski definition) is 7. The van der Waals surface area contributed by atoms with Crippen molar-refractivity contribution in [2.24, 2.45) is 0 Å². The summed E-state index contributed by atoms with van der Waals surface area (Å²) in [5.41, 5.74) is 4.06. The monoisotopic (exact) mass is 582 g/mol. The Morgan fingerprint density at radius 2 is 2.15 bits per heavy atom. The number of ether oxygens (including phenoxy) is 2. The van der Waals surface area contributed by atoms with Crippen molar-refractivity contribution in [3.05, 3.63) is 80.8 Å². The van der Waals surface area contributed by atoms with Crippen molar-refractivity contribution in [1.29, 1.82) is 0 Å². The second-order valence-corrected chi connectivity index (χ2v) is 11.5. The molecule has 0 amide bonds. The summed E-state index contributed by atoms with van der Waals surface area (Å²) in [5.74, 6) is 0.0440. The van der Waals surface area contributed by atoms with Gasteiger partial charge in [0, 0.05) is 41.9 Å². The topological polar surface area (TPSA) is 89.7 Å². The number of carbonyl (C=O) groups is 1. The Labute approximate surface area is 239 Å². The van der Waals surface area contributed by atoms with Crippen molar-refractivity contribution in [3.8, 4) is 5.88 Å². The summed E-state index contributed by atoms with van der Waals surface area (Å²) >= 11 is 7.07. The number of nitrogens with zero attached hydrogens (tertiary/aromatic N) is 4. The number of fused-ring (bicyclic) bond motifs is 1. The molecule has 2 aliphatic rings. The maximum absolute atomic E-state index is 14.1. The lowest BCUT2D eigenvalue weighted by atomic mass is 10.0. The molecule has 1 fully saturated rings. The van der Waals surface area contributed by atoms with E-state index in [0.29, 0.717) is 34.4 Å². The first-order valence-corrected chi connectivity index (χ1v) is 14.3. The average molecular weight is 583 g/mol. The van der Waals surface area contributed by atoms with Crippen molar-refractivity contribution in [2.75, 3.05) is 19.7 Å². The molecule has 1 saturated heterocycles. The summed E-state index contributed by atoms with van der Waals surface area (Å²) in [5, 5.41) is 9.93. The number of hydrogen-bond donors (Lipinski definition) is 1. The number of carboxylic acids is 1. The Morgan fingerprint density at radius 1 is 1.30 bits per heavy atom. The summed E-state index contributed by atoms with van der Waals surface area (Å²) in [4.78, 5) is 24.6. The lowest BCUT2D eigenvalue weighted by molar-refractivity contribution is -0.0592. The first-order valence-electron chi connectivity index (χ1n) is 13.1. The standard InChI is InChI=1S/C29H28ClFN4O4S/c1-17-26-28(40-27(17)29(36)37)33-24(35(26)14-21-9-12-38-21)15-34-10-7-18(8-11-34)23-3-2-4-25(32-23)39-16-19-5-6-20(30)13-22(19)31/h2-7,13,21H,8-12,14-16H2,1H3,(H,36,37). The highest BCUT2D eigenvalue weighted by molar-refractivity contribution is 7.20. The van der Waals surface area contributed by atoms with Gasteiger partial charge in [-0.3, -0.25) is 4.90 Å². The maximum Gasteiger partial charge on any atom is 0.346 e. The Morgan fingerprint density at radius 3 is 2.85 bits per heavy atom. The molecule has 0 radical (unpaired) electrons. The minimum atomic E-state index is -0.914. The van der Waals surface area contributed by atoms with Crippen LogP contribution in [0.1, 0.15) is 45.2 Å². The third-order valence-electron chi connectivity index (χ3n) is 7.38. The molecule has 11 heteroatoms. The number of carboxylic acid groups (broad SMARTS) is 1. The average Bonchev–Trinajstić information content (AvgIpc) is 3.42. The highest BCUT2D eigenvalue weighted by atomic mass is 35.5. The van der Waals surface area contributed by atoms with Gasteiger partial charge in [0.15, 0.2) is 0 Å². The summed E-state index contributed by atoms with van der Waals surface area (Å²) in [6, 6.07) is 10.1. The number of aromatic nitrogens is 3. The fraction of sp³-hybridized carbons (Fsp3) is 0.345. The molecule has 1 unspecified atom stereocenters. The molecule has 3 aromatic heterocycles. The van der Waals surface area contributed by atoms with E-state index in [4.69, 9.17) is 26.1 Å². The molecule has 4 aromatic rings. The predicted molar refractivity (Wildman–Crippen MR) is 152 cm³/mol. The maximum atomic E-state index is 14.1. The molecule has 0 spiro atoms. The third kappa shape index (κ3) is 5.49. The summed E-state index contributed by atoms with van der Waals surface area (Å²) < 4.78 is 27.7. The van der Waals surface area contributed by atoms with Crippen molar-refractivity contribution < 1.29 is 23.8 Å². The van der Waals surface area contributed by atoms with Crippen LogP contribution in [0, 0.1) is 12.7 Å². The molecular weight excluding hydrogens is 555 g/mol. The largest absolute Gasteiger partial charge is 0.477 e. The van der Waals surface area contributed by atoms with Crippen LogP contribution in [0.25, 0.3) is 15.9 Å².